The number of ketones is 1. The van der Waals surface area contributed by atoms with E-state index in [2.05, 4.69) is 4.72 Å². The van der Waals surface area contributed by atoms with Crippen LogP contribution >= 0.6 is 0 Å². The summed E-state index contributed by atoms with van der Waals surface area (Å²) in [6, 6.07) is 11.6. The van der Waals surface area contributed by atoms with Gasteiger partial charge in [0.1, 0.15) is 0 Å². The van der Waals surface area contributed by atoms with Crippen LogP contribution in [0, 0.1) is 0 Å². The molecule has 132 valence electrons. The molecule has 0 aliphatic heterocycles. The fourth-order valence-corrected chi connectivity index (χ4v) is 2.73. The second kappa shape index (κ2) is 7.85. The SMILES string of the molecule is COc1ccc(/C=C\C(=O)c2cccc(NS(C)(=O)=O)c2)cc1OC. The fraction of sp³-hybridized carbons (Fsp3) is 0.167. The normalized spacial score (nSPS) is 11.3. The van der Waals surface area contributed by atoms with Gasteiger partial charge < -0.3 is 9.47 Å². The summed E-state index contributed by atoms with van der Waals surface area (Å²) in [5, 5.41) is 0. The van der Waals surface area contributed by atoms with Crippen LogP contribution in [0.4, 0.5) is 5.69 Å². The van der Waals surface area contributed by atoms with E-state index in [1.54, 1.807) is 49.6 Å². The van der Waals surface area contributed by atoms with Crippen molar-refractivity contribution in [3.05, 3.63) is 59.7 Å². The quantitative estimate of drug-likeness (QED) is 0.606. The van der Waals surface area contributed by atoms with Gasteiger partial charge in [-0.3, -0.25) is 9.52 Å². The average molecular weight is 361 g/mol. The summed E-state index contributed by atoms with van der Waals surface area (Å²) in [7, 11) is -0.306. The van der Waals surface area contributed by atoms with Gasteiger partial charge in [0, 0.05) is 11.3 Å². The van der Waals surface area contributed by atoms with E-state index < -0.39 is 10.0 Å². The molecule has 0 atom stereocenters. The first-order valence-electron chi connectivity index (χ1n) is 7.34. The third-order valence-electron chi connectivity index (χ3n) is 3.29. The van der Waals surface area contributed by atoms with Crippen molar-refractivity contribution in [2.45, 2.75) is 0 Å². The van der Waals surface area contributed by atoms with Crippen LogP contribution < -0.4 is 14.2 Å². The van der Waals surface area contributed by atoms with E-state index in [0.29, 0.717) is 22.7 Å². The molecule has 0 aromatic heterocycles. The van der Waals surface area contributed by atoms with Crippen molar-refractivity contribution in [1.82, 2.24) is 0 Å². The molecule has 0 fully saturated rings. The van der Waals surface area contributed by atoms with Crippen molar-refractivity contribution in [2.24, 2.45) is 0 Å². The Morgan fingerprint density at radius 2 is 1.76 bits per heavy atom. The van der Waals surface area contributed by atoms with Crippen molar-refractivity contribution < 1.29 is 22.7 Å². The lowest BCUT2D eigenvalue weighted by Crippen LogP contribution is -2.10. The van der Waals surface area contributed by atoms with E-state index in [1.165, 1.54) is 19.3 Å². The maximum atomic E-state index is 12.3. The van der Waals surface area contributed by atoms with E-state index in [9.17, 15) is 13.2 Å². The lowest BCUT2D eigenvalue weighted by molar-refractivity contribution is 0.104. The Hall–Kier alpha value is -2.80. The molecule has 0 aliphatic rings. The number of nitrogens with one attached hydrogen (secondary N) is 1. The monoisotopic (exact) mass is 361 g/mol. The molecule has 0 unspecified atom stereocenters. The molecule has 0 amide bonds. The molecule has 0 saturated carbocycles. The molecule has 0 aliphatic carbocycles. The van der Waals surface area contributed by atoms with Crippen molar-refractivity contribution in [3.8, 4) is 11.5 Å². The molecular formula is C18H19NO5S. The maximum Gasteiger partial charge on any atom is 0.229 e. The van der Waals surface area contributed by atoms with Gasteiger partial charge in [0.15, 0.2) is 17.3 Å². The number of allylic oxidation sites excluding steroid dienone is 1. The summed E-state index contributed by atoms with van der Waals surface area (Å²) in [6.45, 7) is 0. The average Bonchev–Trinajstić information content (AvgIpc) is 2.58. The van der Waals surface area contributed by atoms with Crippen LogP contribution in [0.15, 0.2) is 48.5 Å². The van der Waals surface area contributed by atoms with Crippen LogP contribution in [0.2, 0.25) is 0 Å². The topological polar surface area (TPSA) is 81.7 Å². The van der Waals surface area contributed by atoms with Crippen molar-refractivity contribution in [2.75, 3.05) is 25.2 Å². The molecule has 2 rings (SSSR count). The van der Waals surface area contributed by atoms with Gasteiger partial charge in [0.2, 0.25) is 10.0 Å². The Morgan fingerprint density at radius 1 is 1.04 bits per heavy atom. The Balaban J connectivity index is 2.19. The molecule has 0 spiro atoms. The summed E-state index contributed by atoms with van der Waals surface area (Å²) >= 11 is 0. The number of methoxy groups -OCH3 is 2. The van der Waals surface area contributed by atoms with Crippen LogP contribution in [-0.4, -0.2) is 34.7 Å². The summed E-state index contributed by atoms with van der Waals surface area (Å²) in [4.78, 5) is 12.3. The number of hydrogen-bond acceptors (Lipinski definition) is 5. The standard InChI is InChI=1S/C18H19NO5S/c1-23-17-10-8-13(11-18(17)24-2)7-9-16(20)14-5-4-6-15(12-14)19-25(3,21)22/h4-12,19H,1-3H3/b9-7-. The molecule has 0 heterocycles. The van der Waals surface area contributed by atoms with Crippen molar-refractivity contribution in [1.29, 1.82) is 0 Å². The summed E-state index contributed by atoms with van der Waals surface area (Å²) < 4.78 is 35.3. The first kappa shape index (κ1) is 18.5. The van der Waals surface area contributed by atoms with Crippen molar-refractivity contribution in [3.63, 3.8) is 0 Å². The second-order valence-corrected chi connectivity index (χ2v) is 7.02. The highest BCUT2D eigenvalue weighted by molar-refractivity contribution is 7.92. The van der Waals surface area contributed by atoms with Gasteiger partial charge in [-0.25, -0.2) is 8.42 Å². The van der Waals surface area contributed by atoms with Crippen LogP contribution in [0.1, 0.15) is 15.9 Å². The van der Waals surface area contributed by atoms with Gasteiger partial charge in [-0.15, -0.1) is 0 Å². The second-order valence-electron chi connectivity index (χ2n) is 5.27. The Kier molecular flexibility index (Phi) is 5.82. The van der Waals surface area contributed by atoms with Crippen LogP contribution in [-0.2, 0) is 10.0 Å². The third kappa shape index (κ3) is 5.36. The van der Waals surface area contributed by atoms with E-state index >= 15 is 0 Å². The largest absolute Gasteiger partial charge is 0.493 e. The Morgan fingerprint density at radius 3 is 2.40 bits per heavy atom. The number of sulfonamides is 1. The van der Waals surface area contributed by atoms with E-state index in [0.717, 1.165) is 11.8 Å². The number of rotatable bonds is 7. The molecule has 6 nitrogen and oxygen atoms in total. The van der Waals surface area contributed by atoms with Gasteiger partial charge in [-0.2, -0.15) is 0 Å². The minimum absolute atomic E-state index is 0.244. The van der Waals surface area contributed by atoms with Crippen LogP contribution in [0.25, 0.3) is 6.08 Å². The van der Waals surface area contributed by atoms with Crippen molar-refractivity contribution >= 4 is 27.6 Å². The fourth-order valence-electron chi connectivity index (χ4n) is 2.17. The first-order chi connectivity index (χ1) is 11.8. The first-order valence-corrected chi connectivity index (χ1v) is 9.24. The molecule has 0 saturated heterocycles. The van der Waals surface area contributed by atoms with E-state index in [-0.39, 0.29) is 5.78 Å². The maximum absolute atomic E-state index is 12.3. The van der Waals surface area contributed by atoms with Gasteiger partial charge in [-0.1, -0.05) is 24.3 Å². The number of ether oxygens (including phenoxy) is 2. The summed E-state index contributed by atoms with van der Waals surface area (Å²) in [5.74, 6) is 0.925. The zero-order valence-corrected chi connectivity index (χ0v) is 15.0. The minimum Gasteiger partial charge on any atom is -0.493 e. The summed E-state index contributed by atoms with van der Waals surface area (Å²) in [6.07, 6.45) is 4.13. The molecule has 25 heavy (non-hydrogen) atoms. The molecule has 1 N–H and O–H groups in total. The smallest absolute Gasteiger partial charge is 0.229 e. The van der Waals surface area contributed by atoms with Gasteiger partial charge >= 0.3 is 0 Å². The number of benzene rings is 2. The molecule has 0 radical (unpaired) electrons. The van der Waals surface area contributed by atoms with Gasteiger partial charge in [-0.05, 0) is 35.9 Å². The number of carbonyl (C=O) groups excluding carboxylic acids is 1. The minimum atomic E-state index is -3.39. The zero-order chi connectivity index (χ0) is 18.4. The summed E-state index contributed by atoms with van der Waals surface area (Å²) in [5.41, 5.74) is 1.50. The Bertz CT molecular complexity index is 903. The van der Waals surface area contributed by atoms with Gasteiger partial charge in [0.05, 0.1) is 20.5 Å². The highest BCUT2D eigenvalue weighted by Gasteiger charge is 2.07. The highest BCUT2D eigenvalue weighted by atomic mass is 32.2. The van der Waals surface area contributed by atoms with Crippen LogP contribution in [0.3, 0.4) is 0 Å². The molecule has 7 heteroatoms. The van der Waals surface area contributed by atoms with E-state index in [4.69, 9.17) is 9.47 Å². The number of hydrogen-bond donors (Lipinski definition) is 1. The predicted octanol–water partition coefficient (Wildman–Crippen LogP) is 2.97. The van der Waals surface area contributed by atoms with Crippen LogP contribution in [0.5, 0.6) is 11.5 Å². The Labute approximate surface area is 147 Å². The van der Waals surface area contributed by atoms with Gasteiger partial charge in [0.25, 0.3) is 0 Å². The highest BCUT2D eigenvalue weighted by Crippen LogP contribution is 2.28. The number of carbonyl (C=O) groups is 1. The third-order valence-corrected chi connectivity index (χ3v) is 3.89. The predicted molar refractivity (Wildman–Crippen MR) is 97.8 cm³/mol. The van der Waals surface area contributed by atoms with E-state index in [1.807, 2.05) is 0 Å². The molecule has 2 aromatic carbocycles. The lowest BCUT2D eigenvalue weighted by atomic mass is 10.1. The number of anilines is 1. The molecular weight excluding hydrogens is 342 g/mol. The lowest BCUT2D eigenvalue weighted by Gasteiger charge is -2.07. The zero-order valence-electron chi connectivity index (χ0n) is 14.1. The molecule has 0 bridgehead atoms. The molecule has 2 aromatic rings.